The van der Waals surface area contributed by atoms with E-state index in [2.05, 4.69) is 15.0 Å². The maximum absolute atomic E-state index is 9.56. The molecule has 2 heterocycles. The molecule has 0 spiro atoms. The number of nitrogens with two attached hydrogens (primary N) is 2. The zero-order valence-corrected chi connectivity index (χ0v) is 12.3. The van der Waals surface area contributed by atoms with Gasteiger partial charge in [-0.15, -0.1) is 0 Å². The molecule has 0 aromatic carbocycles. The van der Waals surface area contributed by atoms with Crippen molar-refractivity contribution in [2.24, 2.45) is 0 Å². The van der Waals surface area contributed by atoms with Crippen molar-refractivity contribution >= 4 is 32.9 Å². The number of nitrogen functional groups attached to an aromatic ring is 2. The Balaban J connectivity index is 0.000000286. The minimum absolute atomic E-state index is 0.160. The summed E-state index contributed by atoms with van der Waals surface area (Å²) in [6.07, 6.45) is 0. The highest BCUT2D eigenvalue weighted by Gasteiger charge is 2.07. The third-order valence-corrected chi connectivity index (χ3v) is 3.13. The smallest absolute Gasteiger partial charge is 0.264 e. The molecule has 0 aliphatic rings. The molecule has 0 radical (unpaired) electrons. The van der Waals surface area contributed by atoms with Gasteiger partial charge in [0, 0.05) is 5.69 Å². The van der Waals surface area contributed by atoms with E-state index >= 15 is 0 Å². The summed E-state index contributed by atoms with van der Waals surface area (Å²) in [5, 5.41) is 0.782. The summed E-state index contributed by atoms with van der Waals surface area (Å²) in [5.74, 6) is 0.345. The summed E-state index contributed by atoms with van der Waals surface area (Å²) < 4.78 is 26.9. The van der Waals surface area contributed by atoms with Crippen molar-refractivity contribution in [1.29, 1.82) is 0 Å². The number of hydrogen-bond donors (Lipinski definition) is 3. The molecule has 0 atom stereocenters. The lowest BCUT2D eigenvalue weighted by atomic mass is 10.1. The van der Waals surface area contributed by atoms with Crippen molar-refractivity contribution in [2.75, 3.05) is 17.2 Å². The maximum Gasteiger partial charge on any atom is 0.264 e. The average Bonchev–Trinajstić information content (AvgIpc) is 2.26. The van der Waals surface area contributed by atoms with Gasteiger partial charge in [-0.05, 0) is 32.4 Å². The van der Waals surface area contributed by atoms with Crippen molar-refractivity contribution in [3.05, 3.63) is 17.3 Å². The van der Waals surface area contributed by atoms with E-state index in [9.17, 15) is 8.42 Å². The highest BCUT2D eigenvalue weighted by Crippen LogP contribution is 2.21. The van der Waals surface area contributed by atoms with Crippen LogP contribution in [0.5, 0.6) is 0 Å². The lowest BCUT2D eigenvalue weighted by molar-refractivity contribution is 0.484. The normalized spacial score (nSPS) is 11.0. The first-order valence-corrected chi connectivity index (χ1v) is 7.37. The Labute approximate surface area is 117 Å². The number of rotatable bonds is 1. The number of pyridine rings is 1. The standard InChI is InChI=1S/C9H11N5.C2H6O3S/c1-4-3-5(2)12-8-6(4)7(10)13-9(11)14-8;1-2-6(3,4)5/h3H,1-2H3,(H4,10,11,12,13,14);2H2,1H3,(H,3,4,5). The van der Waals surface area contributed by atoms with Crippen LogP contribution in [0.3, 0.4) is 0 Å². The quantitative estimate of drug-likeness (QED) is 0.652. The summed E-state index contributed by atoms with van der Waals surface area (Å²) in [6.45, 7) is 5.23. The summed E-state index contributed by atoms with van der Waals surface area (Å²) in [5.41, 5.74) is 13.7. The molecule has 0 fully saturated rings. The average molecular weight is 299 g/mol. The lowest BCUT2D eigenvalue weighted by Gasteiger charge is -2.05. The highest BCUT2D eigenvalue weighted by atomic mass is 32.2. The highest BCUT2D eigenvalue weighted by molar-refractivity contribution is 7.85. The van der Waals surface area contributed by atoms with E-state index in [-0.39, 0.29) is 11.7 Å². The molecule has 20 heavy (non-hydrogen) atoms. The largest absolute Gasteiger partial charge is 0.383 e. The Morgan fingerprint density at radius 2 is 1.75 bits per heavy atom. The number of anilines is 2. The van der Waals surface area contributed by atoms with Crippen LogP contribution in [0.2, 0.25) is 0 Å². The van der Waals surface area contributed by atoms with E-state index in [1.807, 2.05) is 19.9 Å². The first kappa shape index (κ1) is 16.1. The Bertz CT molecular complexity index is 688. The van der Waals surface area contributed by atoms with Crippen LogP contribution in [-0.2, 0) is 10.1 Å². The van der Waals surface area contributed by atoms with Gasteiger partial charge in [-0.3, -0.25) is 4.55 Å². The van der Waals surface area contributed by atoms with Crippen LogP contribution in [-0.4, -0.2) is 33.7 Å². The summed E-state index contributed by atoms with van der Waals surface area (Å²) in [4.78, 5) is 12.2. The van der Waals surface area contributed by atoms with Gasteiger partial charge in [0.2, 0.25) is 5.95 Å². The zero-order chi connectivity index (χ0) is 15.5. The summed E-state index contributed by atoms with van der Waals surface area (Å²) in [6, 6.07) is 1.94. The second-order valence-corrected chi connectivity index (χ2v) is 5.86. The first-order valence-electron chi connectivity index (χ1n) is 5.76. The number of aromatic nitrogens is 3. The van der Waals surface area contributed by atoms with E-state index in [1.54, 1.807) is 0 Å². The fourth-order valence-electron chi connectivity index (χ4n) is 1.53. The molecule has 0 amide bonds. The van der Waals surface area contributed by atoms with Crippen LogP contribution in [0, 0.1) is 13.8 Å². The van der Waals surface area contributed by atoms with E-state index in [4.69, 9.17) is 16.0 Å². The molecule has 5 N–H and O–H groups in total. The molecule has 2 aromatic heterocycles. The molecule has 8 nitrogen and oxygen atoms in total. The van der Waals surface area contributed by atoms with Crippen LogP contribution in [0.25, 0.3) is 11.0 Å². The van der Waals surface area contributed by atoms with Crippen LogP contribution in [0.15, 0.2) is 6.07 Å². The van der Waals surface area contributed by atoms with Gasteiger partial charge in [0.1, 0.15) is 5.82 Å². The number of hydrogen-bond acceptors (Lipinski definition) is 7. The van der Waals surface area contributed by atoms with Crippen LogP contribution in [0.1, 0.15) is 18.2 Å². The molecule has 0 saturated carbocycles. The van der Waals surface area contributed by atoms with Gasteiger partial charge in [-0.2, -0.15) is 18.4 Å². The Kier molecular flexibility index (Phi) is 4.79. The van der Waals surface area contributed by atoms with E-state index in [0.29, 0.717) is 11.5 Å². The molecule has 0 saturated heterocycles. The molecule has 110 valence electrons. The van der Waals surface area contributed by atoms with Gasteiger partial charge < -0.3 is 11.5 Å². The molecule has 2 aromatic rings. The Morgan fingerprint density at radius 3 is 2.25 bits per heavy atom. The number of fused-ring (bicyclic) bond motifs is 1. The Hall–Kier alpha value is -2.00. The van der Waals surface area contributed by atoms with E-state index in [0.717, 1.165) is 16.6 Å². The second-order valence-electron chi connectivity index (χ2n) is 4.12. The van der Waals surface area contributed by atoms with Crippen molar-refractivity contribution < 1.29 is 13.0 Å². The maximum atomic E-state index is 9.56. The topological polar surface area (TPSA) is 145 Å². The SMILES string of the molecule is CCS(=O)(=O)O.Cc1cc(C)c2c(N)nc(N)nc2n1. The molecule has 0 unspecified atom stereocenters. The minimum Gasteiger partial charge on any atom is -0.383 e. The predicted octanol–water partition coefficient (Wildman–Crippen LogP) is 0.700. The molecular weight excluding hydrogens is 282 g/mol. The molecule has 0 bridgehead atoms. The number of aryl methyl sites for hydroxylation is 2. The fourth-order valence-corrected chi connectivity index (χ4v) is 1.53. The monoisotopic (exact) mass is 299 g/mol. The van der Waals surface area contributed by atoms with Crippen molar-refractivity contribution in [3.63, 3.8) is 0 Å². The minimum atomic E-state index is -3.66. The third kappa shape index (κ3) is 4.28. The predicted molar refractivity (Wildman–Crippen MR) is 77.7 cm³/mol. The summed E-state index contributed by atoms with van der Waals surface area (Å²) in [7, 11) is -3.66. The lowest BCUT2D eigenvalue weighted by Crippen LogP contribution is -2.03. The molecular formula is C11H17N5O3S. The van der Waals surface area contributed by atoms with Crippen molar-refractivity contribution in [2.45, 2.75) is 20.8 Å². The molecule has 0 aliphatic carbocycles. The van der Waals surface area contributed by atoms with Gasteiger partial charge in [-0.1, -0.05) is 0 Å². The zero-order valence-electron chi connectivity index (χ0n) is 11.5. The third-order valence-electron chi connectivity index (χ3n) is 2.40. The van der Waals surface area contributed by atoms with Gasteiger partial charge in [0.05, 0.1) is 11.1 Å². The van der Waals surface area contributed by atoms with Gasteiger partial charge in [0.25, 0.3) is 10.1 Å². The summed E-state index contributed by atoms with van der Waals surface area (Å²) >= 11 is 0. The molecule has 2 rings (SSSR count). The van der Waals surface area contributed by atoms with Gasteiger partial charge >= 0.3 is 0 Å². The molecule has 9 heteroatoms. The number of nitrogens with zero attached hydrogens (tertiary/aromatic N) is 3. The molecule has 0 aliphatic heterocycles. The van der Waals surface area contributed by atoms with Crippen molar-refractivity contribution in [1.82, 2.24) is 15.0 Å². The van der Waals surface area contributed by atoms with E-state index < -0.39 is 10.1 Å². The fraction of sp³-hybridized carbons (Fsp3) is 0.364. The Morgan fingerprint density at radius 1 is 1.20 bits per heavy atom. The second kappa shape index (κ2) is 5.97. The van der Waals surface area contributed by atoms with Crippen LogP contribution >= 0.6 is 0 Å². The van der Waals surface area contributed by atoms with Crippen LogP contribution in [0.4, 0.5) is 11.8 Å². The van der Waals surface area contributed by atoms with Gasteiger partial charge in [-0.25, -0.2) is 4.98 Å². The van der Waals surface area contributed by atoms with Crippen molar-refractivity contribution in [3.8, 4) is 0 Å². The first-order chi connectivity index (χ1) is 9.14. The van der Waals surface area contributed by atoms with Gasteiger partial charge in [0.15, 0.2) is 5.65 Å². The van der Waals surface area contributed by atoms with E-state index in [1.165, 1.54) is 6.92 Å². The van der Waals surface area contributed by atoms with Crippen LogP contribution < -0.4 is 11.5 Å².